The number of methoxy groups -OCH3 is 1. The third-order valence-electron chi connectivity index (χ3n) is 2.92. The molecule has 0 aliphatic rings. The van der Waals surface area contributed by atoms with Gasteiger partial charge in [-0.1, -0.05) is 12.1 Å². The number of amides is 1. The summed E-state index contributed by atoms with van der Waals surface area (Å²) in [7, 11) is 1.64. The Morgan fingerprint density at radius 3 is 3.05 bits per heavy atom. The molecule has 0 unspecified atom stereocenters. The Balaban J connectivity index is 1.76. The summed E-state index contributed by atoms with van der Waals surface area (Å²) in [6.07, 6.45) is 1.08. The molecule has 6 heteroatoms. The lowest BCUT2D eigenvalue weighted by Gasteiger charge is -2.06. The molecule has 0 spiro atoms. The minimum absolute atomic E-state index is 0.0200. The molecule has 1 aromatic heterocycles. The summed E-state index contributed by atoms with van der Waals surface area (Å²) in [5, 5.41) is 5.57. The van der Waals surface area contributed by atoms with Gasteiger partial charge in [0.2, 0.25) is 5.91 Å². The van der Waals surface area contributed by atoms with Gasteiger partial charge in [-0.25, -0.2) is 4.98 Å². The first-order valence-corrected chi connectivity index (χ1v) is 8.01. The van der Waals surface area contributed by atoms with E-state index in [1.54, 1.807) is 7.11 Å². The van der Waals surface area contributed by atoms with Crippen molar-refractivity contribution in [3.63, 3.8) is 0 Å². The van der Waals surface area contributed by atoms with E-state index in [1.807, 2.05) is 29.6 Å². The maximum absolute atomic E-state index is 11.8. The molecular formula is C15H17ClN2O2S. The van der Waals surface area contributed by atoms with Crippen molar-refractivity contribution in [2.24, 2.45) is 0 Å². The lowest BCUT2D eigenvalue weighted by atomic mass is 10.1. The highest BCUT2D eigenvalue weighted by Gasteiger charge is 2.07. The molecule has 0 saturated carbocycles. The third kappa shape index (κ3) is 5.02. The predicted molar refractivity (Wildman–Crippen MR) is 85.1 cm³/mol. The van der Waals surface area contributed by atoms with Crippen LogP contribution in [0.5, 0.6) is 5.75 Å². The second kappa shape index (κ2) is 8.00. The van der Waals surface area contributed by atoms with Crippen molar-refractivity contribution in [1.82, 2.24) is 10.3 Å². The smallest absolute Gasteiger partial charge is 0.226 e. The van der Waals surface area contributed by atoms with Crippen LogP contribution in [-0.4, -0.2) is 24.5 Å². The monoisotopic (exact) mass is 324 g/mol. The molecule has 0 fully saturated rings. The van der Waals surface area contributed by atoms with Crippen molar-refractivity contribution in [2.45, 2.75) is 18.7 Å². The number of aromatic nitrogens is 1. The molecule has 0 atom stereocenters. The molecule has 0 aliphatic carbocycles. The topological polar surface area (TPSA) is 51.2 Å². The van der Waals surface area contributed by atoms with Crippen molar-refractivity contribution >= 4 is 28.8 Å². The summed E-state index contributed by atoms with van der Waals surface area (Å²) in [4.78, 5) is 16.1. The fourth-order valence-corrected chi connectivity index (χ4v) is 2.89. The fourth-order valence-electron chi connectivity index (χ4n) is 1.87. The first-order valence-electron chi connectivity index (χ1n) is 6.60. The number of carbonyl (C=O) groups excluding carboxylic acids is 1. The van der Waals surface area contributed by atoms with Gasteiger partial charge in [-0.05, 0) is 24.1 Å². The van der Waals surface area contributed by atoms with Crippen LogP contribution in [0.4, 0.5) is 0 Å². The first kappa shape index (κ1) is 15.8. The summed E-state index contributed by atoms with van der Waals surface area (Å²) in [6, 6.07) is 7.83. The van der Waals surface area contributed by atoms with E-state index < -0.39 is 0 Å². The van der Waals surface area contributed by atoms with Gasteiger partial charge in [-0.3, -0.25) is 4.79 Å². The van der Waals surface area contributed by atoms with Crippen LogP contribution < -0.4 is 10.1 Å². The van der Waals surface area contributed by atoms with Crippen molar-refractivity contribution in [3.8, 4) is 5.75 Å². The molecule has 2 aromatic rings. The van der Waals surface area contributed by atoms with E-state index in [0.29, 0.717) is 18.8 Å². The number of nitrogens with zero attached hydrogens (tertiary/aromatic N) is 1. The highest BCUT2D eigenvalue weighted by atomic mass is 35.5. The van der Waals surface area contributed by atoms with Gasteiger partial charge >= 0.3 is 0 Å². The van der Waals surface area contributed by atoms with E-state index in [9.17, 15) is 4.79 Å². The number of halogens is 1. The molecule has 1 aromatic carbocycles. The molecular weight excluding hydrogens is 308 g/mol. The Bertz CT molecular complexity index is 601. The second-order valence-corrected chi connectivity index (χ2v) is 5.70. The van der Waals surface area contributed by atoms with Gasteiger partial charge in [0.1, 0.15) is 10.8 Å². The first-order chi connectivity index (χ1) is 10.2. The molecule has 1 heterocycles. The quantitative estimate of drug-likeness (QED) is 0.797. The average molecular weight is 325 g/mol. The van der Waals surface area contributed by atoms with Crippen molar-refractivity contribution in [3.05, 3.63) is 45.9 Å². The largest absolute Gasteiger partial charge is 0.497 e. The number of hydrogen-bond donors (Lipinski definition) is 1. The fraction of sp³-hybridized carbons (Fsp3) is 0.333. The van der Waals surface area contributed by atoms with Crippen molar-refractivity contribution < 1.29 is 9.53 Å². The van der Waals surface area contributed by atoms with Crippen LogP contribution in [0.15, 0.2) is 29.6 Å². The van der Waals surface area contributed by atoms with E-state index in [-0.39, 0.29) is 5.91 Å². The summed E-state index contributed by atoms with van der Waals surface area (Å²) in [5.74, 6) is 1.19. The van der Waals surface area contributed by atoms with Crippen LogP contribution in [0.2, 0.25) is 0 Å². The molecule has 2 rings (SSSR count). The Labute approximate surface area is 133 Å². The summed E-state index contributed by atoms with van der Waals surface area (Å²) in [6.45, 7) is 0.597. The average Bonchev–Trinajstić information content (AvgIpc) is 2.95. The number of benzene rings is 1. The van der Waals surface area contributed by atoms with Crippen molar-refractivity contribution in [2.75, 3.05) is 13.7 Å². The number of alkyl halides is 1. The summed E-state index contributed by atoms with van der Waals surface area (Å²) >= 11 is 7.15. The standard InChI is InChI=1S/C15H17ClN2O2S/c1-20-13-4-2-3-11(7-13)5-6-17-14(19)8-15-18-12(9-16)10-21-15/h2-4,7,10H,5-6,8-9H2,1H3,(H,17,19). The number of carbonyl (C=O) groups is 1. The van der Waals surface area contributed by atoms with E-state index in [1.165, 1.54) is 11.3 Å². The predicted octanol–water partition coefficient (Wildman–Crippen LogP) is 2.79. The van der Waals surface area contributed by atoms with Crippen LogP contribution >= 0.6 is 22.9 Å². The maximum atomic E-state index is 11.8. The zero-order chi connectivity index (χ0) is 15.1. The van der Waals surface area contributed by atoms with Gasteiger partial charge in [-0.2, -0.15) is 0 Å². The lowest BCUT2D eigenvalue weighted by Crippen LogP contribution is -2.27. The van der Waals surface area contributed by atoms with Crippen LogP contribution in [-0.2, 0) is 23.5 Å². The molecule has 1 amide bonds. The number of nitrogens with one attached hydrogen (secondary N) is 1. The van der Waals surface area contributed by atoms with Crippen LogP contribution in [0.25, 0.3) is 0 Å². The lowest BCUT2D eigenvalue weighted by molar-refractivity contribution is -0.120. The zero-order valence-electron chi connectivity index (χ0n) is 11.8. The highest BCUT2D eigenvalue weighted by molar-refractivity contribution is 7.09. The molecule has 0 radical (unpaired) electrons. The second-order valence-electron chi connectivity index (χ2n) is 4.49. The Hall–Kier alpha value is -1.59. The van der Waals surface area contributed by atoms with E-state index >= 15 is 0 Å². The zero-order valence-corrected chi connectivity index (χ0v) is 13.3. The molecule has 21 heavy (non-hydrogen) atoms. The van der Waals surface area contributed by atoms with Gasteiger partial charge in [0.05, 0.1) is 25.1 Å². The third-order valence-corrected chi connectivity index (χ3v) is 4.09. The van der Waals surface area contributed by atoms with E-state index in [2.05, 4.69) is 10.3 Å². The van der Waals surface area contributed by atoms with Gasteiger partial charge in [0.15, 0.2) is 0 Å². The Morgan fingerprint density at radius 2 is 2.33 bits per heavy atom. The highest BCUT2D eigenvalue weighted by Crippen LogP contribution is 2.13. The Morgan fingerprint density at radius 1 is 1.48 bits per heavy atom. The normalized spacial score (nSPS) is 10.4. The maximum Gasteiger partial charge on any atom is 0.226 e. The van der Waals surface area contributed by atoms with Gasteiger partial charge < -0.3 is 10.1 Å². The SMILES string of the molecule is COc1cccc(CCNC(=O)Cc2nc(CCl)cs2)c1. The number of thiazole rings is 1. The molecule has 0 aliphatic heterocycles. The molecule has 0 bridgehead atoms. The van der Waals surface area contributed by atoms with Crippen LogP contribution in [0.3, 0.4) is 0 Å². The van der Waals surface area contributed by atoms with E-state index in [0.717, 1.165) is 28.4 Å². The summed E-state index contributed by atoms with van der Waals surface area (Å²) < 4.78 is 5.17. The molecule has 0 saturated heterocycles. The van der Waals surface area contributed by atoms with Crippen LogP contribution in [0, 0.1) is 0 Å². The molecule has 4 nitrogen and oxygen atoms in total. The minimum Gasteiger partial charge on any atom is -0.497 e. The number of rotatable bonds is 7. The number of ether oxygens (including phenoxy) is 1. The van der Waals surface area contributed by atoms with E-state index in [4.69, 9.17) is 16.3 Å². The van der Waals surface area contributed by atoms with Crippen LogP contribution in [0.1, 0.15) is 16.3 Å². The minimum atomic E-state index is -0.0200. The van der Waals surface area contributed by atoms with Gasteiger partial charge in [0.25, 0.3) is 0 Å². The molecule has 1 N–H and O–H groups in total. The summed E-state index contributed by atoms with van der Waals surface area (Å²) in [5.41, 5.74) is 1.95. The Kier molecular flexibility index (Phi) is 6.02. The number of hydrogen-bond acceptors (Lipinski definition) is 4. The van der Waals surface area contributed by atoms with Gasteiger partial charge in [0, 0.05) is 11.9 Å². The molecule has 112 valence electrons. The van der Waals surface area contributed by atoms with Gasteiger partial charge in [-0.15, -0.1) is 22.9 Å². The van der Waals surface area contributed by atoms with Crippen molar-refractivity contribution in [1.29, 1.82) is 0 Å².